The molecule has 0 N–H and O–H groups in total. The van der Waals surface area contributed by atoms with Gasteiger partial charge in [0, 0.05) is 23.6 Å². The quantitative estimate of drug-likeness (QED) is 0.376. The molecule has 1 aromatic heterocycles. The molecule has 1 aliphatic heterocycles. The number of hydrogen-bond donors (Lipinski definition) is 0. The Balaban J connectivity index is 1.79. The number of ether oxygens (including phenoxy) is 1. The molecule has 0 unspecified atom stereocenters. The van der Waals surface area contributed by atoms with Crippen molar-refractivity contribution in [3.05, 3.63) is 101 Å². The van der Waals surface area contributed by atoms with E-state index in [0.29, 0.717) is 5.89 Å². The topological polar surface area (TPSA) is 35.3 Å². The van der Waals surface area contributed by atoms with Crippen LogP contribution in [0.5, 0.6) is 11.5 Å². The minimum atomic E-state index is -0.0537. The molecule has 0 fully saturated rings. The number of hydrogen-bond acceptors (Lipinski definition) is 3. The van der Waals surface area contributed by atoms with Gasteiger partial charge in [0.1, 0.15) is 23.0 Å². The number of rotatable bonds is 2. The standard InChI is InChI=1S/C24H19NO2/c1-15-9-3-4-10-17(15)23-24(26-16(2)25-23)22-18-11-5-7-13-20(18)27-21-14-8-6-12-19(21)22/h3-14,22H,1-2H3. The molecule has 3 nitrogen and oxygen atoms in total. The van der Waals surface area contributed by atoms with Gasteiger partial charge in [0.05, 0.1) is 5.92 Å². The van der Waals surface area contributed by atoms with E-state index >= 15 is 0 Å². The molecular formula is C24H19NO2. The maximum absolute atomic E-state index is 6.21. The monoisotopic (exact) mass is 353 g/mol. The Kier molecular flexibility index (Phi) is 3.61. The fourth-order valence-corrected chi connectivity index (χ4v) is 3.86. The van der Waals surface area contributed by atoms with Crippen molar-refractivity contribution in [2.24, 2.45) is 0 Å². The van der Waals surface area contributed by atoms with Crippen molar-refractivity contribution < 1.29 is 9.15 Å². The maximum Gasteiger partial charge on any atom is 0.191 e. The summed E-state index contributed by atoms with van der Waals surface area (Å²) in [7, 11) is 0. The molecule has 0 spiro atoms. The summed E-state index contributed by atoms with van der Waals surface area (Å²) < 4.78 is 12.4. The van der Waals surface area contributed by atoms with Gasteiger partial charge in [-0.25, -0.2) is 4.98 Å². The first-order valence-electron chi connectivity index (χ1n) is 9.11. The van der Waals surface area contributed by atoms with Crippen molar-refractivity contribution in [2.75, 3.05) is 0 Å². The Bertz CT molecular complexity index is 1100. The molecule has 5 rings (SSSR count). The highest BCUT2D eigenvalue weighted by atomic mass is 16.5. The van der Waals surface area contributed by atoms with Crippen LogP contribution < -0.4 is 4.74 Å². The molecule has 0 aliphatic carbocycles. The zero-order chi connectivity index (χ0) is 18.4. The highest BCUT2D eigenvalue weighted by Gasteiger charge is 2.33. The van der Waals surface area contributed by atoms with Crippen LogP contribution in [0.4, 0.5) is 0 Å². The minimum Gasteiger partial charge on any atom is -0.457 e. The maximum atomic E-state index is 6.21. The highest BCUT2D eigenvalue weighted by Crippen LogP contribution is 2.49. The first kappa shape index (κ1) is 15.9. The zero-order valence-electron chi connectivity index (χ0n) is 15.3. The van der Waals surface area contributed by atoms with E-state index in [1.807, 2.05) is 55.5 Å². The van der Waals surface area contributed by atoms with Crippen LogP contribution in [0, 0.1) is 13.8 Å². The summed E-state index contributed by atoms with van der Waals surface area (Å²) in [6.45, 7) is 4.01. The number of para-hydroxylation sites is 2. The van der Waals surface area contributed by atoms with Crippen molar-refractivity contribution in [1.82, 2.24) is 4.98 Å². The number of benzene rings is 3. The number of fused-ring (bicyclic) bond motifs is 2. The highest BCUT2D eigenvalue weighted by molar-refractivity contribution is 5.69. The lowest BCUT2D eigenvalue weighted by Crippen LogP contribution is -2.11. The lowest BCUT2D eigenvalue weighted by Gasteiger charge is -2.27. The van der Waals surface area contributed by atoms with Crippen LogP contribution in [0.3, 0.4) is 0 Å². The third-order valence-corrected chi connectivity index (χ3v) is 5.10. The molecule has 4 aromatic rings. The second-order valence-electron chi connectivity index (χ2n) is 6.87. The first-order valence-corrected chi connectivity index (χ1v) is 9.11. The van der Waals surface area contributed by atoms with Gasteiger partial charge in [0.15, 0.2) is 5.89 Å². The molecule has 0 amide bonds. The summed E-state index contributed by atoms with van der Waals surface area (Å²) in [6.07, 6.45) is 0. The summed E-state index contributed by atoms with van der Waals surface area (Å²) in [4.78, 5) is 4.76. The molecule has 3 heteroatoms. The molecule has 0 saturated carbocycles. The Morgan fingerprint density at radius 2 is 1.33 bits per heavy atom. The van der Waals surface area contributed by atoms with E-state index in [4.69, 9.17) is 14.1 Å². The molecule has 0 bridgehead atoms. The lowest BCUT2D eigenvalue weighted by molar-refractivity contribution is 0.425. The normalized spacial score (nSPS) is 13.0. The third kappa shape index (κ3) is 2.55. The van der Waals surface area contributed by atoms with Crippen LogP contribution >= 0.6 is 0 Å². The second-order valence-corrected chi connectivity index (χ2v) is 6.87. The van der Waals surface area contributed by atoms with Crippen LogP contribution in [-0.2, 0) is 0 Å². The predicted molar refractivity (Wildman–Crippen MR) is 105 cm³/mol. The van der Waals surface area contributed by atoms with Crippen LogP contribution in [-0.4, -0.2) is 4.98 Å². The van der Waals surface area contributed by atoms with Gasteiger partial charge in [-0.3, -0.25) is 0 Å². The number of nitrogens with zero attached hydrogens (tertiary/aromatic N) is 1. The summed E-state index contributed by atoms with van der Waals surface area (Å²) >= 11 is 0. The van der Waals surface area contributed by atoms with E-state index < -0.39 is 0 Å². The molecule has 0 atom stereocenters. The van der Waals surface area contributed by atoms with Crippen LogP contribution in [0.2, 0.25) is 0 Å². The Morgan fingerprint density at radius 3 is 2.00 bits per heavy atom. The van der Waals surface area contributed by atoms with Crippen molar-refractivity contribution >= 4 is 0 Å². The minimum absolute atomic E-state index is 0.0537. The number of aryl methyl sites for hydroxylation is 2. The average molecular weight is 353 g/mol. The Labute approximate surface area is 158 Å². The van der Waals surface area contributed by atoms with Gasteiger partial charge in [0.25, 0.3) is 0 Å². The fraction of sp³-hybridized carbons (Fsp3) is 0.125. The summed E-state index contributed by atoms with van der Waals surface area (Å²) in [5.74, 6) is 3.22. The van der Waals surface area contributed by atoms with Gasteiger partial charge in [-0.2, -0.15) is 0 Å². The molecule has 0 radical (unpaired) electrons. The van der Waals surface area contributed by atoms with E-state index in [0.717, 1.165) is 39.6 Å². The molecular weight excluding hydrogens is 334 g/mol. The van der Waals surface area contributed by atoms with Crippen molar-refractivity contribution in [3.63, 3.8) is 0 Å². The van der Waals surface area contributed by atoms with E-state index in [1.54, 1.807) is 0 Å². The van der Waals surface area contributed by atoms with Gasteiger partial charge in [0.2, 0.25) is 0 Å². The Hall–Kier alpha value is -3.33. The second kappa shape index (κ2) is 6.13. The predicted octanol–water partition coefficient (Wildman–Crippen LogP) is 6.24. The van der Waals surface area contributed by atoms with E-state index in [9.17, 15) is 0 Å². The summed E-state index contributed by atoms with van der Waals surface area (Å²) in [5, 5.41) is 0. The molecule has 132 valence electrons. The molecule has 3 aromatic carbocycles. The smallest absolute Gasteiger partial charge is 0.191 e. The van der Waals surface area contributed by atoms with Crippen LogP contribution in [0.25, 0.3) is 11.3 Å². The van der Waals surface area contributed by atoms with Crippen molar-refractivity contribution in [2.45, 2.75) is 19.8 Å². The average Bonchev–Trinajstić information content (AvgIpc) is 3.07. The molecule has 1 aliphatic rings. The largest absolute Gasteiger partial charge is 0.457 e. The van der Waals surface area contributed by atoms with Gasteiger partial charge in [-0.1, -0.05) is 60.7 Å². The summed E-state index contributed by atoms with van der Waals surface area (Å²) in [5.41, 5.74) is 5.39. The molecule has 2 heterocycles. The van der Waals surface area contributed by atoms with Crippen molar-refractivity contribution in [1.29, 1.82) is 0 Å². The van der Waals surface area contributed by atoms with E-state index in [-0.39, 0.29) is 5.92 Å². The first-order chi connectivity index (χ1) is 13.2. The van der Waals surface area contributed by atoms with E-state index in [2.05, 4.69) is 31.2 Å². The molecule has 27 heavy (non-hydrogen) atoms. The lowest BCUT2D eigenvalue weighted by atomic mass is 9.84. The SMILES string of the molecule is Cc1nc(-c2ccccc2C)c(C2c3ccccc3Oc3ccccc32)o1. The molecule has 0 saturated heterocycles. The van der Waals surface area contributed by atoms with Gasteiger partial charge in [-0.15, -0.1) is 0 Å². The Morgan fingerprint density at radius 1 is 0.741 bits per heavy atom. The fourth-order valence-electron chi connectivity index (χ4n) is 3.86. The number of aromatic nitrogens is 1. The summed E-state index contributed by atoms with van der Waals surface area (Å²) in [6, 6.07) is 24.6. The third-order valence-electron chi connectivity index (χ3n) is 5.10. The van der Waals surface area contributed by atoms with Gasteiger partial charge >= 0.3 is 0 Å². The van der Waals surface area contributed by atoms with Gasteiger partial charge in [-0.05, 0) is 24.6 Å². The van der Waals surface area contributed by atoms with Crippen LogP contribution in [0.15, 0.2) is 77.2 Å². The van der Waals surface area contributed by atoms with Crippen molar-refractivity contribution in [3.8, 4) is 22.8 Å². The zero-order valence-corrected chi connectivity index (χ0v) is 15.3. The number of oxazole rings is 1. The van der Waals surface area contributed by atoms with E-state index in [1.165, 1.54) is 5.56 Å². The van der Waals surface area contributed by atoms with Gasteiger partial charge < -0.3 is 9.15 Å². The van der Waals surface area contributed by atoms with Crippen LogP contribution in [0.1, 0.15) is 34.3 Å².